The van der Waals surface area contributed by atoms with Gasteiger partial charge in [-0.25, -0.2) is 13.2 Å². The highest BCUT2D eigenvalue weighted by atomic mass is 32.2. The number of nitrogens with two attached hydrogens (primary N) is 1. The molecule has 0 heterocycles. The number of nitrogen functional groups attached to an aromatic ring is 1. The Kier molecular flexibility index (Phi) is 5.17. The van der Waals surface area contributed by atoms with Crippen molar-refractivity contribution in [1.29, 1.82) is 0 Å². The predicted octanol–water partition coefficient (Wildman–Crippen LogP) is 1.17. The molecule has 1 aromatic rings. The minimum absolute atomic E-state index is 0.00104. The number of aromatic carboxylic acids is 1. The first-order valence-corrected chi connectivity index (χ1v) is 7.64. The lowest BCUT2D eigenvalue weighted by Crippen LogP contribution is -2.17. The molecule has 19 heavy (non-hydrogen) atoms. The zero-order valence-corrected chi connectivity index (χ0v) is 11.4. The predicted molar refractivity (Wildman–Crippen MR) is 72.3 cm³/mol. The number of hydrogen-bond acceptors (Lipinski definition) is 5. The highest BCUT2D eigenvalue weighted by Crippen LogP contribution is 2.22. The summed E-state index contributed by atoms with van der Waals surface area (Å²) >= 11 is 0. The molecule has 0 amide bonds. The average Bonchev–Trinajstić information content (AvgIpc) is 2.30. The second-order valence-corrected chi connectivity index (χ2v) is 6.36. The molecule has 1 aromatic carbocycles. The number of benzene rings is 1. The molecule has 0 radical (unpaired) electrons. The Morgan fingerprint density at radius 3 is 2.58 bits per heavy atom. The Hall–Kier alpha value is -1.76. The molecule has 0 atom stereocenters. The number of hydrogen-bond donors (Lipinski definition) is 2. The summed E-state index contributed by atoms with van der Waals surface area (Å²) in [4.78, 5) is 10.7. The zero-order valence-electron chi connectivity index (χ0n) is 10.6. The van der Waals surface area contributed by atoms with Crippen molar-refractivity contribution in [2.45, 2.75) is 13.3 Å². The van der Waals surface area contributed by atoms with Crippen LogP contribution in [0.25, 0.3) is 0 Å². The molecule has 0 fully saturated rings. The lowest BCUT2D eigenvalue weighted by Gasteiger charge is -2.09. The molecule has 1 rings (SSSR count). The summed E-state index contributed by atoms with van der Waals surface area (Å²) in [7, 11) is -3.10. The lowest BCUT2D eigenvalue weighted by molar-refractivity contribution is 0.0697. The van der Waals surface area contributed by atoms with Gasteiger partial charge in [0.15, 0.2) is 9.84 Å². The number of carbonyl (C=O) groups is 1. The summed E-state index contributed by atoms with van der Waals surface area (Å²) < 4.78 is 28.2. The van der Waals surface area contributed by atoms with Gasteiger partial charge in [0.1, 0.15) is 12.4 Å². The normalized spacial score (nSPS) is 11.2. The van der Waals surface area contributed by atoms with E-state index in [1.54, 1.807) is 6.92 Å². The van der Waals surface area contributed by atoms with Crippen LogP contribution in [0, 0.1) is 0 Å². The van der Waals surface area contributed by atoms with E-state index in [9.17, 15) is 13.2 Å². The standard InChI is InChI=1S/C12H17NO5S/c1-2-6-19(16,17)7-5-18-11-4-3-9(12(14)15)8-10(11)13/h3-4,8H,2,5-7,13H2,1H3,(H,14,15). The van der Waals surface area contributed by atoms with Crippen molar-refractivity contribution in [1.82, 2.24) is 0 Å². The van der Waals surface area contributed by atoms with E-state index in [1.807, 2.05) is 0 Å². The summed E-state index contributed by atoms with van der Waals surface area (Å²) in [5, 5.41) is 8.77. The van der Waals surface area contributed by atoms with Crippen LogP contribution in [0.15, 0.2) is 18.2 Å². The summed E-state index contributed by atoms with van der Waals surface area (Å²) in [5.41, 5.74) is 5.86. The van der Waals surface area contributed by atoms with E-state index >= 15 is 0 Å². The average molecular weight is 287 g/mol. The molecule has 0 saturated carbocycles. The van der Waals surface area contributed by atoms with E-state index in [0.717, 1.165) is 0 Å². The minimum Gasteiger partial charge on any atom is -0.490 e. The molecule has 0 saturated heterocycles. The van der Waals surface area contributed by atoms with Crippen molar-refractivity contribution in [2.75, 3.05) is 23.8 Å². The fraction of sp³-hybridized carbons (Fsp3) is 0.417. The third-order valence-corrected chi connectivity index (χ3v) is 4.24. The molecule has 0 aliphatic carbocycles. The largest absolute Gasteiger partial charge is 0.490 e. The van der Waals surface area contributed by atoms with Gasteiger partial charge in [-0.3, -0.25) is 0 Å². The van der Waals surface area contributed by atoms with E-state index in [4.69, 9.17) is 15.6 Å². The number of ether oxygens (including phenoxy) is 1. The smallest absolute Gasteiger partial charge is 0.335 e. The van der Waals surface area contributed by atoms with Gasteiger partial charge in [-0.15, -0.1) is 0 Å². The van der Waals surface area contributed by atoms with Crippen LogP contribution in [0.3, 0.4) is 0 Å². The van der Waals surface area contributed by atoms with Crippen LogP contribution in [-0.2, 0) is 9.84 Å². The van der Waals surface area contributed by atoms with Crippen molar-refractivity contribution in [3.05, 3.63) is 23.8 Å². The lowest BCUT2D eigenvalue weighted by atomic mass is 10.2. The van der Waals surface area contributed by atoms with Gasteiger partial charge in [0, 0.05) is 0 Å². The maximum Gasteiger partial charge on any atom is 0.335 e. The Bertz CT molecular complexity index is 553. The summed E-state index contributed by atoms with van der Waals surface area (Å²) in [6.45, 7) is 1.79. The summed E-state index contributed by atoms with van der Waals surface area (Å²) in [6.07, 6.45) is 0.567. The Morgan fingerprint density at radius 2 is 2.05 bits per heavy atom. The summed E-state index contributed by atoms with van der Waals surface area (Å²) in [5.74, 6) is -0.745. The molecular weight excluding hydrogens is 270 g/mol. The van der Waals surface area contributed by atoms with Crippen molar-refractivity contribution >= 4 is 21.5 Å². The molecule has 0 spiro atoms. The second kappa shape index (κ2) is 6.42. The second-order valence-electron chi connectivity index (χ2n) is 4.06. The van der Waals surface area contributed by atoms with Crippen molar-refractivity contribution < 1.29 is 23.1 Å². The van der Waals surface area contributed by atoms with Crippen LogP contribution >= 0.6 is 0 Å². The number of sulfone groups is 1. The topological polar surface area (TPSA) is 107 Å². The van der Waals surface area contributed by atoms with Gasteiger partial charge in [0.05, 0.1) is 22.8 Å². The zero-order chi connectivity index (χ0) is 14.5. The van der Waals surface area contributed by atoms with Gasteiger partial charge in [-0.2, -0.15) is 0 Å². The van der Waals surface area contributed by atoms with Crippen LogP contribution in [0.2, 0.25) is 0 Å². The Morgan fingerprint density at radius 1 is 1.37 bits per heavy atom. The maximum absolute atomic E-state index is 11.5. The SMILES string of the molecule is CCCS(=O)(=O)CCOc1ccc(C(=O)O)cc1N. The van der Waals surface area contributed by atoms with Gasteiger partial charge in [0.2, 0.25) is 0 Å². The molecule has 0 aromatic heterocycles. The molecule has 3 N–H and O–H groups in total. The monoisotopic (exact) mass is 287 g/mol. The molecule has 0 bridgehead atoms. The van der Waals surface area contributed by atoms with E-state index in [1.165, 1.54) is 18.2 Å². The van der Waals surface area contributed by atoms with Gasteiger partial charge in [0.25, 0.3) is 0 Å². The van der Waals surface area contributed by atoms with Crippen LogP contribution in [0.1, 0.15) is 23.7 Å². The van der Waals surface area contributed by atoms with Crippen molar-refractivity contribution in [2.24, 2.45) is 0 Å². The first-order chi connectivity index (χ1) is 8.85. The van der Waals surface area contributed by atoms with Gasteiger partial charge < -0.3 is 15.6 Å². The van der Waals surface area contributed by atoms with E-state index in [2.05, 4.69) is 0 Å². The quantitative estimate of drug-likeness (QED) is 0.729. The third-order valence-electron chi connectivity index (χ3n) is 2.42. The molecule has 106 valence electrons. The fourth-order valence-electron chi connectivity index (χ4n) is 1.50. The minimum atomic E-state index is -3.10. The van der Waals surface area contributed by atoms with Gasteiger partial charge >= 0.3 is 5.97 Å². The van der Waals surface area contributed by atoms with Crippen molar-refractivity contribution in [3.63, 3.8) is 0 Å². The third kappa shape index (κ3) is 4.78. The maximum atomic E-state index is 11.5. The number of rotatable bonds is 7. The first-order valence-electron chi connectivity index (χ1n) is 5.82. The van der Waals surface area contributed by atoms with E-state index < -0.39 is 15.8 Å². The Balaban J connectivity index is 2.62. The molecule has 0 unspecified atom stereocenters. The molecule has 6 nitrogen and oxygen atoms in total. The fourth-order valence-corrected chi connectivity index (χ4v) is 2.67. The van der Waals surface area contributed by atoms with E-state index in [0.29, 0.717) is 6.42 Å². The number of anilines is 1. The van der Waals surface area contributed by atoms with Crippen LogP contribution < -0.4 is 10.5 Å². The van der Waals surface area contributed by atoms with Gasteiger partial charge in [-0.1, -0.05) is 6.92 Å². The molecule has 7 heteroatoms. The number of carboxylic acid groups (broad SMARTS) is 1. The van der Waals surface area contributed by atoms with E-state index in [-0.39, 0.29) is 35.1 Å². The number of carboxylic acids is 1. The molecule has 0 aliphatic rings. The highest BCUT2D eigenvalue weighted by molar-refractivity contribution is 7.91. The summed E-state index contributed by atoms with van der Waals surface area (Å²) in [6, 6.07) is 4.05. The Labute approximate surface area is 112 Å². The highest BCUT2D eigenvalue weighted by Gasteiger charge is 2.11. The van der Waals surface area contributed by atoms with Gasteiger partial charge in [-0.05, 0) is 24.6 Å². The first kappa shape index (κ1) is 15.3. The van der Waals surface area contributed by atoms with Crippen molar-refractivity contribution in [3.8, 4) is 5.75 Å². The van der Waals surface area contributed by atoms with Crippen LogP contribution in [0.4, 0.5) is 5.69 Å². The molecular formula is C12H17NO5S. The molecule has 0 aliphatic heterocycles. The van der Waals surface area contributed by atoms with Crippen LogP contribution in [0.5, 0.6) is 5.75 Å². The van der Waals surface area contributed by atoms with Crippen LogP contribution in [-0.4, -0.2) is 37.6 Å².